The van der Waals surface area contributed by atoms with Gasteiger partial charge in [0.15, 0.2) is 0 Å². The van der Waals surface area contributed by atoms with Gasteiger partial charge in [-0.25, -0.2) is 35.2 Å². The molecule has 2 saturated carbocycles. The van der Waals surface area contributed by atoms with Crippen LogP contribution < -0.4 is 28.7 Å². The maximum atomic E-state index is 13.7. The van der Waals surface area contributed by atoms with E-state index in [1.807, 2.05) is 12.1 Å². The van der Waals surface area contributed by atoms with Gasteiger partial charge in [-0.05, 0) is 140 Å². The number of ether oxygens (including phenoxy) is 7. The van der Waals surface area contributed by atoms with Crippen molar-refractivity contribution in [2.75, 3.05) is 121 Å². The van der Waals surface area contributed by atoms with Crippen LogP contribution in [0.3, 0.4) is 0 Å². The molecule has 2 aromatic heterocycles. The quantitative estimate of drug-likeness (QED) is 0.0255. The van der Waals surface area contributed by atoms with Crippen molar-refractivity contribution in [2.24, 2.45) is 0 Å². The van der Waals surface area contributed by atoms with Crippen LogP contribution in [0.25, 0.3) is 44.6 Å². The topological polar surface area (TPSA) is 278 Å². The SMILES string of the molecule is CCOC(=O)c1ccccc1OCCOCCOCCN(c1cc2oc(-c3ccc(F)cc3)c(C(=O)NC)c2cc1C1CC1)S(C)(=O)=O.CNC(=O)c1c(-c2ccc(F)cc2)oc2cc(N(CCOCCOCCOc3ccccc3C(=O)O)S(C)(=O)=O)c(C3CC3)cc12. The molecule has 2 heterocycles. The zero-order valence-electron chi connectivity index (χ0n) is 52.6. The molecule has 0 radical (unpaired) electrons. The fourth-order valence-electron chi connectivity index (χ4n) is 10.5. The molecule has 6 aromatic carbocycles. The molecule has 8 aromatic rings. The number of carbonyl (C=O) groups excluding carboxylic acids is 3. The third-order valence-electron chi connectivity index (χ3n) is 15.3. The van der Waals surface area contributed by atoms with Gasteiger partial charge in [0.1, 0.15) is 70.2 Å². The fourth-order valence-corrected chi connectivity index (χ4v) is 12.4. The van der Waals surface area contributed by atoms with Crippen molar-refractivity contribution in [3.8, 4) is 34.1 Å². The number of benzene rings is 6. The normalized spacial score (nSPS) is 13.1. The van der Waals surface area contributed by atoms with Crippen LogP contribution in [0.15, 0.2) is 130 Å². The Labute approximate surface area is 543 Å². The average Bonchev–Trinajstić information content (AvgIpc) is 1.57. The molecule has 0 unspecified atom stereocenters. The predicted molar refractivity (Wildman–Crippen MR) is 348 cm³/mol. The number of para-hydroxylation sites is 2. The second-order valence-electron chi connectivity index (χ2n) is 22.0. The molecule has 0 spiro atoms. The third-order valence-corrected chi connectivity index (χ3v) is 17.6. The van der Waals surface area contributed by atoms with Crippen LogP contribution in [-0.4, -0.2) is 158 Å². The molecule has 2 aliphatic carbocycles. The van der Waals surface area contributed by atoms with Crippen molar-refractivity contribution in [1.29, 1.82) is 0 Å². The summed E-state index contributed by atoms with van der Waals surface area (Å²) in [6.45, 7) is 3.99. The largest absolute Gasteiger partial charge is 0.490 e. The van der Waals surface area contributed by atoms with E-state index in [0.717, 1.165) is 49.3 Å². The Morgan fingerprint density at radius 2 is 0.904 bits per heavy atom. The molecular weight excluding hydrogens is 1260 g/mol. The Balaban J connectivity index is 0.000000222. The number of hydrogen-bond acceptors (Lipinski definition) is 17. The second kappa shape index (κ2) is 31.8. The molecule has 22 nitrogen and oxygen atoms in total. The summed E-state index contributed by atoms with van der Waals surface area (Å²) >= 11 is 0. The third kappa shape index (κ3) is 17.6. The van der Waals surface area contributed by atoms with E-state index in [0.29, 0.717) is 66.9 Å². The van der Waals surface area contributed by atoms with Gasteiger partial charge in [-0.15, -0.1) is 0 Å². The molecule has 0 bridgehead atoms. The lowest BCUT2D eigenvalue weighted by atomic mass is 10.0. The summed E-state index contributed by atoms with van der Waals surface area (Å²) in [5.41, 5.74) is 5.22. The van der Waals surface area contributed by atoms with E-state index in [4.69, 9.17) is 42.0 Å². The summed E-state index contributed by atoms with van der Waals surface area (Å²) in [5.74, 6) is -1.67. The smallest absolute Gasteiger partial charge is 0.341 e. The summed E-state index contributed by atoms with van der Waals surface area (Å²) in [6, 6.07) is 31.4. The molecule has 10 rings (SSSR count). The number of sulfonamides is 2. The van der Waals surface area contributed by atoms with E-state index in [1.54, 1.807) is 61.5 Å². The van der Waals surface area contributed by atoms with E-state index < -0.39 is 43.6 Å². The number of halogens is 2. The maximum Gasteiger partial charge on any atom is 0.341 e. The molecular formula is C68H74F2N4O18S2. The number of carbonyl (C=O) groups is 4. The number of hydrogen-bond donors (Lipinski definition) is 3. The molecule has 500 valence electrons. The van der Waals surface area contributed by atoms with Gasteiger partial charge < -0.3 is 57.7 Å². The Bertz CT molecular complexity index is 4210. The highest BCUT2D eigenvalue weighted by Crippen LogP contribution is 2.50. The molecule has 94 heavy (non-hydrogen) atoms. The van der Waals surface area contributed by atoms with Crippen LogP contribution in [0.1, 0.15) is 97.0 Å². The number of nitrogens with zero attached hydrogens (tertiary/aromatic N) is 2. The van der Waals surface area contributed by atoms with Crippen molar-refractivity contribution in [3.05, 3.63) is 166 Å². The first kappa shape index (κ1) is 69.4. The molecule has 26 heteroatoms. The maximum absolute atomic E-state index is 13.7. The average molecular weight is 1340 g/mol. The first-order valence-corrected chi connectivity index (χ1v) is 34.2. The minimum Gasteiger partial charge on any atom is -0.490 e. The van der Waals surface area contributed by atoms with Crippen LogP contribution in [-0.2, 0) is 43.7 Å². The summed E-state index contributed by atoms with van der Waals surface area (Å²) in [5, 5.41) is 15.6. The zero-order valence-corrected chi connectivity index (χ0v) is 54.2. The molecule has 2 aliphatic rings. The Morgan fingerprint density at radius 1 is 0.532 bits per heavy atom. The number of nitrogens with one attached hydrogen (secondary N) is 2. The number of fused-ring (bicyclic) bond motifs is 2. The van der Waals surface area contributed by atoms with Crippen LogP contribution in [0.2, 0.25) is 0 Å². The summed E-state index contributed by atoms with van der Waals surface area (Å²) < 4.78 is 133. The summed E-state index contributed by atoms with van der Waals surface area (Å²) in [6.07, 6.45) is 5.81. The molecule has 0 aliphatic heterocycles. The van der Waals surface area contributed by atoms with Crippen LogP contribution in [0.4, 0.5) is 20.2 Å². The van der Waals surface area contributed by atoms with Crippen LogP contribution in [0.5, 0.6) is 11.5 Å². The number of aromatic carboxylic acids is 1. The molecule has 2 amide bonds. The lowest BCUT2D eigenvalue weighted by molar-refractivity contribution is 0.0381. The van der Waals surface area contributed by atoms with Gasteiger partial charge in [0, 0.05) is 48.1 Å². The van der Waals surface area contributed by atoms with Crippen molar-refractivity contribution in [3.63, 3.8) is 0 Å². The van der Waals surface area contributed by atoms with E-state index in [1.165, 1.54) is 77.3 Å². The number of furan rings is 2. The number of amides is 2. The van der Waals surface area contributed by atoms with E-state index in [9.17, 15) is 49.9 Å². The van der Waals surface area contributed by atoms with Crippen LogP contribution in [0, 0.1) is 11.6 Å². The minimum absolute atomic E-state index is 0.0347. The van der Waals surface area contributed by atoms with Gasteiger partial charge >= 0.3 is 11.9 Å². The van der Waals surface area contributed by atoms with Gasteiger partial charge in [0.2, 0.25) is 20.0 Å². The van der Waals surface area contributed by atoms with Crippen molar-refractivity contribution < 1.29 is 91.9 Å². The highest BCUT2D eigenvalue weighted by molar-refractivity contribution is 7.92. The van der Waals surface area contributed by atoms with E-state index >= 15 is 0 Å². The Kier molecular flexibility index (Phi) is 23.5. The van der Waals surface area contributed by atoms with Gasteiger partial charge in [-0.1, -0.05) is 24.3 Å². The minimum atomic E-state index is -3.74. The first-order valence-electron chi connectivity index (χ1n) is 30.5. The lowest BCUT2D eigenvalue weighted by Crippen LogP contribution is -2.34. The highest BCUT2D eigenvalue weighted by Gasteiger charge is 2.35. The number of carboxylic acids is 1. The lowest BCUT2D eigenvalue weighted by Gasteiger charge is -2.25. The molecule has 3 N–H and O–H groups in total. The molecule has 0 saturated heterocycles. The van der Waals surface area contributed by atoms with E-state index in [-0.39, 0.29) is 132 Å². The van der Waals surface area contributed by atoms with Crippen molar-refractivity contribution in [1.82, 2.24) is 10.6 Å². The standard InChI is InChI=1S/C35H39FN2O9S.C33H35FN2O9S/c1-4-45-35(40)26-7-5-6-8-30(26)46-20-19-44-18-17-43-16-15-38(48(3,41)42)29-22-31-28(21-27(29)23-9-10-23)32(34(39)37-2)33(47-31)24-11-13-25(36)14-12-24;1-35-32(37)30-26-19-25(21-7-8-21)27(20-29(26)45-31(30)22-9-11-23(34)12-10-22)36(46(2,40)41)13-14-42-15-16-43-17-18-44-28-6-4-3-5-24(28)33(38)39/h5-8,11-14,21-23H,4,9-10,15-20H2,1-3H3,(H,37,39);3-6,9-12,19-21H,7-8,13-18H2,1-2H3,(H,35,37)(H,38,39). The van der Waals surface area contributed by atoms with E-state index in [2.05, 4.69) is 10.6 Å². The molecule has 2 fully saturated rings. The van der Waals surface area contributed by atoms with Gasteiger partial charge in [0.25, 0.3) is 11.8 Å². The Hall–Kier alpha value is -8.92. The highest BCUT2D eigenvalue weighted by atomic mass is 32.2. The molecule has 0 atom stereocenters. The number of esters is 1. The predicted octanol–water partition coefficient (Wildman–Crippen LogP) is 10.6. The fraction of sp³-hybridized carbons (Fsp3) is 0.353. The van der Waals surface area contributed by atoms with Gasteiger partial charge in [-0.3, -0.25) is 18.2 Å². The number of anilines is 2. The van der Waals surface area contributed by atoms with Gasteiger partial charge in [-0.2, -0.15) is 0 Å². The van der Waals surface area contributed by atoms with Gasteiger partial charge in [0.05, 0.1) is 108 Å². The second-order valence-corrected chi connectivity index (χ2v) is 25.8. The van der Waals surface area contributed by atoms with Crippen molar-refractivity contribution in [2.45, 2.75) is 44.4 Å². The number of carboxylic acid groups (broad SMARTS) is 1. The Morgan fingerprint density at radius 3 is 1.28 bits per heavy atom. The summed E-state index contributed by atoms with van der Waals surface area (Å²) in [4.78, 5) is 49.4. The zero-order chi connectivity index (χ0) is 67.1. The first-order chi connectivity index (χ1) is 45.2. The monoisotopic (exact) mass is 1340 g/mol. The van der Waals surface area contributed by atoms with Crippen LogP contribution >= 0.6 is 0 Å². The summed E-state index contributed by atoms with van der Waals surface area (Å²) in [7, 11) is -4.44. The van der Waals surface area contributed by atoms with Crippen molar-refractivity contribution >= 4 is 77.1 Å². The number of rotatable bonds is 33.